The third-order valence-corrected chi connectivity index (χ3v) is 4.37. The molecule has 0 aliphatic carbocycles. The fourth-order valence-corrected chi connectivity index (χ4v) is 3.11. The Morgan fingerprint density at radius 1 is 1.50 bits per heavy atom. The Hall–Kier alpha value is -0.680. The quantitative estimate of drug-likeness (QED) is 0.927. The molecule has 3 nitrogen and oxygen atoms in total. The highest BCUT2D eigenvalue weighted by molar-refractivity contribution is 6.30. The number of nitrogens with zero attached hydrogens (tertiary/aromatic N) is 2. The number of hydrogen-bond donors (Lipinski definition) is 1. The lowest BCUT2D eigenvalue weighted by molar-refractivity contribution is 0.0970. The number of nitrogens with two attached hydrogens (primary N) is 1. The molecule has 0 radical (unpaired) electrons. The number of hydrogen-bond acceptors (Lipinski definition) is 3. The Kier molecular flexibility index (Phi) is 5.38. The molecular weight excluding hydrogens is 277 g/mol. The standard InChI is InChI=1S/C15H23ClFN3/c1-19(2)12-4-3-7-20(10-12)15(9-18)13-8-11(16)5-6-14(13)17/h5-6,8,12,15H,3-4,7,9-10,18H2,1-2H3. The molecule has 1 aromatic carbocycles. The van der Waals surface area contributed by atoms with Crippen molar-refractivity contribution < 1.29 is 4.39 Å². The van der Waals surface area contributed by atoms with Gasteiger partial charge >= 0.3 is 0 Å². The maximum absolute atomic E-state index is 14.1. The summed E-state index contributed by atoms with van der Waals surface area (Å²) in [6.45, 7) is 2.27. The number of rotatable bonds is 4. The number of likely N-dealkylation sites (N-methyl/N-ethyl adjacent to an activating group) is 1. The fourth-order valence-electron chi connectivity index (χ4n) is 2.93. The lowest BCUT2D eigenvalue weighted by Gasteiger charge is -2.40. The van der Waals surface area contributed by atoms with Crippen LogP contribution in [0.3, 0.4) is 0 Å². The molecule has 0 amide bonds. The van der Waals surface area contributed by atoms with E-state index < -0.39 is 0 Å². The van der Waals surface area contributed by atoms with E-state index >= 15 is 0 Å². The summed E-state index contributed by atoms with van der Waals surface area (Å²) in [5.74, 6) is -0.225. The summed E-state index contributed by atoms with van der Waals surface area (Å²) in [5, 5.41) is 0.556. The summed E-state index contributed by atoms with van der Waals surface area (Å²) in [5.41, 5.74) is 6.52. The minimum Gasteiger partial charge on any atom is -0.329 e. The molecule has 2 atom stereocenters. The normalized spacial score (nSPS) is 22.2. The molecular formula is C15H23ClFN3. The van der Waals surface area contributed by atoms with Gasteiger partial charge in [0.2, 0.25) is 0 Å². The van der Waals surface area contributed by atoms with Gasteiger partial charge in [-0.1, -0.05) is 11.6 Å². The number of benzene rings is 1. The molecule has 0 bridgehead atoms. The van der Waals surface area contributed by atoms with E-state index in [-0.39, 0.29) is 11.9 Å². The first-order valence-electron chi connectivity index (χ1n) is 7.08. The first-order chi connectivity index (χ1) is 9.52. The van der Waals surface area contributed by atoms with Crippen LogP contribution in [-0.2, 0) is 0 Å². The Balaban J connectivity index is 2.21. The van der Waals surface area contributed by atoms with Crippen LogP contribution in [0.15, 0.2) is 18.2 Å². The van der Waals surface area contributed by atoms with Gasteiger partial charge in [-0.3, -0.25) is 4.90 Å². The van der Waals surface area contributed by atoms with E-state index in [0.29, 0.717) is 23.2 Å². The average Bonchev–Trinajstić information content (AvgIpc) is 2.44. The highest BCUT2D eigenvalue weighted by Crippen LogP contribution is 2.28. The van der Waals surface area contributed by atoms with E-state index in [1.165, 1.54) is 12.5 Å². The molecule has 1 saturated heterocycles. The van der Waals surface area contributed by atoms with E-state index in [0.717, 1.165) is 19.5 Å². The maximum atomic E-state index is 14.1. The largest absolute Gasteiger partial charge is 0.329 e. The first kappa shape index (κ1) is 15.7. The highest BCUT2D eigenvalue weighted by Gasteiger charge is 2.28. The summed E-state index contributed by atoms with van der Waals surface area (Å²) in [6.07, 6.45) is 2.29. The van der Waals surface area contributed by atoms with Gasteiger partial charge in [0.05, 0.1) is 6.04 Å². The Bertz CT molecular complexity index is 453. The molecule has 1 heterocycles. The van der Waals surface area contributed by atoms with Gasteiger partial charge in [0.15, 0.2) is 0 Å². The van der Waals surface area contributed by atoms with Gasteiger partial charge in [-0.2, -0.15) is 0 Å². The molecule has 0 saturated carbocycles. The predicted octanol–water partition coefficient (Wildman–Crippen LogP) is 2.50. The zero-order valence-corrected chi connectivity index (χ0v) is 12.9. The second-order valence-electron chi connectivity index (χ2n) is 5.67. The van der Waals surface area contributed by atoms with Crippen molar-refractivity contribution in [3.63, 3.8) is 0 Å². The zero-order valence-electron chi connectivity index (χ0n) is 12.1. The summed E-state index contributed by atoms with van der Waals surface area (Å²) in [7, 11) is 4.18. The summed E-state index contributed by atoms with van der Waals surface area (Å²) >= 11 is 6.00. The number of piperidine rings is 1. The van der Waals surface area contributed by atoms with Crippen LogP contribution in [0.5, 0.6) is 0 Å². The van der Waals surface area contributed by atoms with Crippen LogP contribution in [0.4, 0.5) is 4.39 Å². The molecule has 112 valence electrons. The van der Waals surface area contributed by atoms with Crippen LogP contribution in [-0.4, -0.2) is 49.6 Å². The third kappa shape index (κ3) is 3.50. The van der Waals surface area contributed by atoms with E-state index in [4.69, 9.17) is 17.3 Å². The topological polar surface area (TPSA) is 32.5 Å². The molecule has 1 fully saturated rings. The average molecular weight is 300 g/mol. The van der Waals surface area contributed by atoms with E-state index in [1.54, 1.807) is 12.1 Å². The molecule has 20 heavy (non-hydrogen) atoms. The van der Waals surface area contributed by atoms with Gasteiger partial charge in [0, 0.05) is 29.7 Å². The molecule has 1 aromatic rings. The summed E-state index contributed by atoms with van der Waals surface area (Å²) < 4.78 is 14.1. The van der Waals surface area contributed by atoms with Crippen molar-refractivity contribution in [3.8, 4) is 0 Å². The van der Waals surface area contributed by atoms with E-state index in [2.05, 4.69) is 23.9 Å². The van der Waals surface area contributed by atoms with Gasteiger partial charge < -0.3 is 10.6 Å². The number of likely N-dealkylation sites (tertiary alicyclic amines) is 1. The van der Waals surface area contributed by atoms with Crippen molar-refractivity contribution in [2.45, 2.75) is 24.9 Å². The van der Waals surface area contributed by atoms with Gasteiger partial charge in [-0.05, 0) is 51.7 Å². The van der Waals surface area contributed by atoms with E-state index in [1.807, 2.05) is 0 Å². The molecule has 0 spiro atoms. The second-order valence-corrected chi connectivity index (χ2v) is 6.11. The third-order valence-electron chi connectivity index (χ3n) is 4.14. The molecule has 1 aliphatic heterocycles. The van der Waals surface area contributed by atoms with Crippen molar-refractivity contribution in [1.29, 1.82) is 0 Å². The summed E-state index contributed by atoms with van der Waals surface area (Å²) in [4.78, 5) is 4.51. The minimum atomic E-state index is -0.225. The first-order valence-corrected chi connectivity index (χ1v) is 7.46. The molecule has 1 aliphatic rings. The predicted molar refractivity (Wildman–Crippen MR) is 81.5 cm³/mol. The maximum Gasteiger partial charge on any atom is 0.128 e. The highest BCUT2D eigenvalue weighted by atomic mass is 35.5. The smallest absolute Gasteiger partial charge is 0.128 e. The Labute approximate surface area is 125 Å². The lowest BCUT2D eigenvalue weighted by atomic mass is 9.98. The second kappa shape index (κ2) is 6.85. The number of halogens is 2. The molecule has 2 N–H and O–H groups in total. The summed E-state index contributed by atoms with van der Waals surface area (Å²) in [6, 6.07) is 5.10. The van der Waals surface area contributed by atoms with Crippen LogP contribution in [0.2, 0.25) is 5.02 Å². The van der Waals surface area contributed by atoms with Crippen molar-refractivity contribution in [2.75, 3.05) is 33.7 Å². The Morgan fingerprint density at radius 2 is 2.25 bits per heavy atom. The van der Waals surface area contributed by atoms with Crippen LogP contribution in [0, 0.1) is 5.82 Å². The Morgan fingerprint density at radius 3 is 2.90 bits per heavy atom. The lowest BCUT2D eigenvalue weighted by Crippen LogP contribution is -2.48. The van der Waals surface area contributed by atoms with Gasteiger partial charge in [-0.25, -0.2) is 4.39 Å². The van der Waals surface area contributed by atoms with Crippen LogP contribution >= 0.6 is 11.6 Å². The minimum absolute atomic E-state index is 0.101. The van der Waals surface area contributed by atoms with Gasteiger partial charge in [0.1, 0.15) is 5.82 Å². The monoisotopic (exact) mass is 299 g/mol. The van der Waals surface area contributed by atoms with Crippen molar-refractivity contribution in [2.24, 2.45) is 5.73 Å². The van der Waals surface area contributed by atoms with Crippen molar-refractivity contribution in [1.82, 2.24) is 9.80 Å². The van der Waals surface area contributed by atoms with Crippen LogP contribution in [0.25, 0.3) is 0 Å². The molecule has 0 aromatic heterocycles. The molecule has 5 heteroatoms. The SMILES string of the molecule is CN(C)C1CCCN(C(CN)c2cc(Cl)ccc2F)C1. The molecule has 2 rings (SSSR count). The van der Waals surface area contributed by atoms with Crippen LogP contribution < -0.4 is 5.73 Å². The molecule has 2 unspecified atom stereocenters. The van der Waals surface area contributed by atoms with Gasteiger partial charge in [-0.15, -0.1) is 0 Å². The van der Waals surface area contributed by atoms with Gasteiger partial charge in [0.25, 0.3) is 0 Å². The van der Waals surface area contributed by atoms with Crippen molar-refractivity contribution in [3.05, 3.63) is 34.6 Å². The fraction of sp³-hybridized carbons (Fsp3) is 0.600. The van der Waals surface area contributed by atoms with E-state index in [9.17, 15) is 4.39 Å². The van der Waals surface area contributed by atoms with Crippen LogP contribution in [0.1, 0.15) is 24.4 Å². The van der Waals surface area contributed by atoms with Crippen molar-refractivity contribution >= 4 is 11.6 Å². The zero-order chi connectivity index (χ0) is 14.7.